The Hall–Kier alpha value is -2.10. The Kier molecular flexibility index (Phi) is 3.16. The van der Waals surface area contributed by atoms with Crippen molar-refractivity contribution in [2.45, 2.75) is 45.4 Å². The molecule has 4 saturated carbocycles. The van der Waals surface area contributed by atoms with E-state index in [2.05, 4.69) is 5.32 Å². The van der Waals surface area contributed by atoms with E-state index in [1.54, 1.807) is 6.07 Å². The highest BCUT2D eigenvalue weighted by Gasteiger charge is 2.55. The van der Waals surface area contributed by atoms with Crippen LogP contribution < -0.4 is 5.32 Å². The minimum Gasteiger partial charge on any atom is -0.453 e. The number of hydrogen-bond donors (Lipinski definition) is 1. The van der Waals surface area contributed by atoms with Gasteiger partial charge in [0.15, 0.2) is 5.76 Å². The summed E-state index contributed by atoms with van der Waals surface area (Å²) in [5.41, 5.74) is 1.19. The summed E-state index contributed by atoms with van der Waals surface area (Å²) in [7, 11) is 0. The first-order chi connectivity index (χ1) is 12.0. The Morgan fingerprint density at radius 1 is 1.04 bits per heavy atom. The van der Waals surface area contributed by atoms with E-state index < -0.39 is 0 Å². The van der Waals surface area contributed by atoms with Crippen LogP contribution in [0.15, 0.2) is 28.7 Å². The van der Waals surface area contributed by atoms with E-state index in [9.17, 15) is 9.59 Å². The van der Waals surface area contributed by atoms with E-state index in [0.29, 0.717) is 17.0 Å². The maximum atomic E-state index is 13.4. The van der Waals surface area contributed by atoms with Crippen LogP contribution in [0.5, 0.6) is 0 Å². The van der Waals surface area contributed by atoms with Crippen molar-refractivity contribution in [3.63, 3.8) is 0 Å². The molecule has 0 unspecified atom stereocenters. The van der Waals surface area contributed by atoms with Gasteiger partial charge in [-0.05, 0) is 74.5 Å². The van der Waals surface area contributed by atoms with Crippen molar-refractivity contribution in [1.29, 1.82) is 0 Å². The van der Waals surface area contributed by atoms with Crippen molar-refractivity contribution in [1.82, 2.24) is 0 Å². The lowest BCUT2D eigenvalue weighted by Gasteiger charge is -2.55. The van der Waals surface area contributed by atoms with Crippen LogP contribution in [0, 0.1) is 23.2 Å². The molecule has 1 aromatic carbocycles. The number of carbonyl (C=O) groups excluding carboxylic acids is 2. The Labute approximate surface area is 147 Å². The second-order valence-electron chi connectivity index (χ2n) is 8.57. The molecule has 25 heavy (non-hydrogen) atoms. The van der Waals surface area contributed by atoms with Gasteiger partial charge in [0.05, 0.1) is 0 Å². The molecule has 1 N–H and O–H groups in total. The number of Topliss-reactive ketones (excluding diaryl/α,β-unsaturated/α-hetero) is 1. The lowest BCUT2D eigenvalue weighted by atomic mass is 9.48. The van der Waals surface area contributed by atoms with E-state index in [0.717, 1.165) is 42.4 Å². The minimum absolute atomic E-state index is 0.115. The van der Waals surface area contributed by atoms with E-state index in [4.69, 9.17) is 4.42 Å². The Bertz CT molecular complexity index is 843. The molecule has 130 valence electrons. The smallest absolute Gasteiger partial charge is 0.221 e. The molecule has 4 nitrogen and oxygen atoms in total. The lowest BCUT2D eigenvalue weighted by Crippen LogP contribution is -2.49. The first-order valence-corrected chi connectivity index (χ1v) is 9.37. The molecule has 1 amide bonds. The Morgan fingerprint density at radius 3 is 2.28 bits per heavy atom. The zero-order chi connectivity index (χ0) is 17.2. The predicted molar refractivity (Wildman–Crippen MR) is 95.5 cm³/mol. The number of hydrogen-bond acceptors (Lipinski definition) is 3. The van der Waals surface area contributed by atoms with Crippen LogP contribution in [0.3, 0.4) is 0 Å². The maximum absolute atomic E-state index is 13.4. The molecule has 4 fully saturated rings. The monoisotopic (exact) mass is 337 g/mol. The van der Waals surface area contributed by atoms with E-state index >= 15 is 0 Å². The highest BCUT2D eigenvalue weighted by Crippen LogP contribution is 2.61. The van der Waals surface area contributed by atoms with Gasteiger partial charge in [-0.1, -0.05) is 0 Å². The van der Waals surface area contributed by atoms with Gasteiger partial charge in [-0.3, -0.25) is 9.59 Å². The SMILES string of the molecule is CC(=O)Nc1ccc2cc(C(=O)C34CC5CC(CC(C5)C3)C4)oc2c1. The normalized spacial score (nSPS) is 32.9. The number of fused-ring (bicyclic) bond motifs is 1. The summed E-state index contributed by atoms with van der Waals surface area (Å²) in [5.74, 6) is 2.82. The van der Waals surface area contributed by atoms with E-state index in [1.165, 1.54) is 26.2 Å². The summed E-state index contributed by atoms with van der Waals surface area (Å²) >= 11 is 0. The third-order valence-corrected chi connectivity index (χ3v) is 6.58. The number of benzene rings is 1. The quantitative estimate of drug-likeness (QED) is 0.819. The van der Waals surface area contributed by atoms with Crippen LogP contribution in [-0.2, 0) is 4.79 Å². The van der Waals surface area contributed by atoms with Gasteiger partial charge in [0, 0.05) is 29.5 Å². The van der Waals surface area contributed by atoms with Gasteiger partial charge in [0.2, 0.25) is 11.7 Å². The summed E-state index contributed by atoms with van der Waals surface area (Å²) in [6.07, 6.45) is 7.12. The van der Waals surface area contributed by atoms with Crippen molar-refractivity contribution < 1.29 is 14.0 Å². The number of carbonyl (C=O) groups is 2. The summed E-state index contributed by atoms with van der Waals surface area (Å²) in [4.78, 5) is 24.6. The number of amides is 1. The van der Waals surface area contributed by atoms with Gasteiger partial charge >= 0.3 is 0 Å². The Morgan fingerprint density at radius 2 is 1.68 bits per heavy atom. The third-order valence-electron chi connectivity index (χ3n) is 6.58. The fourth-order valence-corrected chi connectivity index (χ4v) is 6.07. The van der Waals surface area contributed by atoms with Crippen LogP contribution in [0.2, 0.25) is 0 Å². The molecule has 0 aliphatic heterocycles. The fraction of sp³-hybridized carbons (Fsp3) is 0.524. The lowest BCUT2D eigenvalue weighted by molar-refractivity contribution is -0.114. The summed E-state index contributed by atoms with van der Waals surface area (Å²) in [6, 6.07) is 7.43. The number of anilines is 1. The van der Waals surface area contributed by atoms with Crippen LogP contribution in [0.4, 0.5) is 5.69 Å². The van der Waals surface area contributed by atoms with Crippen LogP contribution in [0.1, 0.15) is 56.0 Å². The van der Waals surface area contributed by atoms with Gasteiger partial charge in [-0.2, -0.15) is 0 Å². The standard InChI is InChI=1S/C21H23NO3/c1-12(23)22-17-3-2-16-7-19(25-18(16)8-17)20(24)21-9-13-4-14(10-21)6-15(5-13)11-21/h2-3,7-8,13-15H,4-6,9-11H2,1H3,(H,22,23). The second-order valence-corrected chi connectivity index (χ2v) is 8.57. The first-order valence-electron chi connectivity index (χ1n) is 9.37. The first kappa shape index (κ1) is 15.2. The minimum atomic E-state index is -0.177. The number of rotatable bonds is 3. The van der Waals surface area contributed by atoms with Gasteiger partial charge in [0.1, 0.15) is 5.58 Å². The second kappa shape index (κ2) is 5.20. The van der Waals surface area contributed by atoms with E-state index in [-0.39, 0.29) is 17.1 Å². The molecule has 1 heterocycles. The van der Waals surface area contributed by atoms with Crippen molar-refractivity contribution in [2.24, 2.45) is 23.2 Å². The van der Waals surface area contributed by atoms with Crippen molar-refractivity contribution >= 4 is 28.3 Å². The largest absolute Gasteiger partial charge is 0.453 e. The van der Waals surface area contributed by atoms with Crippen LogP contribution >= 0.6 is 0 Å². The molecule has 4 aliphatic carbocycles. The predicted octanol–water partition coefficient (Wildman–Crippen LogP) is 4.79. The molecule has 4 bridgehead atoms. The highest BCUT2D eigenvalue weighted by molar-refractivity contribution is 6.02. The molecule has 1 aromatic heterocycles. The summed E-state index contributed by atoms with van der Waals surface area (Å²) in [6.45, 7) is 1.48. The highest BCUT2D eigenvalue weighted by atomic mass is 16.3. The number of ketones is 1. The molecule has 4 aliphatic rings. The number of nitrogens with one attached hydrogen (secondary N) is 1. The molecule has 0 spiro atoms. The third kappa shape index (κ3) is 2.42. The molecule has 4 heteroatoms. The van der Waals surface area contributed by atoms with Crippen LogP contribution in [-0.4, -0.2) is 11.7 Å². The number of furan rings is 1. The average molecular weight is 337 g/mol. The van der Waals surface area contributed by atoms with E-state index in [1.807, 2.05) is 18.2 Å². The maximum Gasteiger partial charge on any atom is 0.221 e. The molecule has 0 atom stereocenters. The van der Waals surface area contributed by atoms with Gasteiger partial charge in [-0.25, -0.2) is 0 Å². The zero-order valence-electron chi connectivity index (χ0n) is 14.5. The average Bonchev–Trinajstić information content (AvgIpc) is 2.95. The molecular weight excluding hydrogens is 314 g/mol. The van der Waals surface area contributed by atoms with Crippen molar-refractivity contribution in [2.75, 3.05) is 5.32 Å². The molecular formula is C21H23NO3. The van der Waals surface area contributed by atoms with Gasteiger partial charge < -0.3 is 9.73 Å². The summed E-state index contributed by atoms with van der Waals surface area (Å²) < 4.78 is 5.94. The Balaban J connectivity index is 1.48. The zero-order valence-corrected chi connectivity index (χ0v) is 14.5. The van der Waals surface area contributed by atoms with Crippen LogP contribution in [0.25, 0.3) is 11.0 Å². The molecule has 0 saturated heterocycles. The summed E-state index contributed by atoms with van der Waals surface area (Å²) in [5, 5.41) is 3.68. The fourth-order valence-electron chi connectivity index (χ4n) is 6.07. The van der Waals surface area contributed by atoms with Crippen molar-refractivity contribution in [3.8, 4) is 0 Å². The van der Waals surface area contributed by atoms with Gasteiger partial charge in [-0.15, -0.1) is 0 Å². The van der Waals surface area contributed by atoms with Crippen molar-refractivity contribution in [3.05, 3.63) is 30.0 Å². The molecule has 2 aromatic rings. The van der Waals surface area contributed by atoms with Gasteiger partial charge in [0.25, 0.3) is 0 Å². The molecule has 6 rings (SSSR count). The molecule has 0 radical (unpaired) electrons. The topological polar surface area (TPSA) is 59.3 Å².